The van der Waals surface area contributed by atoms with Crippen molar-refractivity contribution in [1.29, 1.82) is 0 Å². The number of carbonyl (C=O) groups excluding carboxylic acids is 1. The molecule has 4 aromatic rings. The van der Waals surface area contributed by atoms with E-state index in [0.717, 1.165) is 10.4 Å². The van der Waals surface area contributed by atoms with Crippen LogP contribution in [0.3, 0.4) is 0 Å². The molecule has 6 nitrogen and oxygen atoms in total. The molecule has 0 fully saturated rings. The van der Waals surface area contributed by atoms with E-state index in [1.807, 2.05) is 22.9 Å². The predicted octanol–water partition coefficient (Wildman–Crippen LogP) is 4.56. The fraction of sp³-hybridized carbons (Fsp3) is 0.111. The molecule has 0 atom stereocenters. The highest BCUT2D eigenvalue weighted by Crippen LogP contribution is 2.34. The minimum atomic E-state index is -0.190. The highest BCUT2D eigenvalue weighted by Gasteiger charge is 2.18. The van der Waals surface area contributed by atoms with Crippen LogP contribution in [0.2, 0.25) is 0 Å². The molecular formula is C18H14N4O2S4. The molecule has 0 aliphatic rings. The molecule has 0 aliphatic carbocycles. The van der Waals surface area contributed by atoms with Gasteiger partial charge in [0, 0.05) is 33.9 Å². The number of rotatable bonds is 7. The second-order valence-electron chi connectivity index (χ2n) is 5.58. The van der Waals surface area contributed by atoms with E-state index in [4.69, 9.17) is 0 Å². The van der Waals surface area contributed by atoms with Gasteiger partial charge in [0.2, 0.25) is 5.91 Å². The molecule has 0 radical (unpaired) electrons. The van der Waals surface area contributed by atoms with E-state index < -0.39 is 0 Å². The minimum absolute atomic E-state index is 0.114. The molecule has 0 aromatic carbocycles. The number of anilines is 1. The van der Waals surface area contributed by atoms with Crippen molar-refractivity contribution >= 4 is 67.0 Å². The van der Waals surface area contributed by atoms with Crippen LogP contribution in [0.1, 0.15) is 0 Å². The van der Waals surface area contributed by atoms with Gasteiger partial charge in [0.1, 0.15) is 4.83 Å². The number of aromatic nitrogens is 3. The van der Waals surface area contributed by atoms with Crippen LogP contribution in [0.5, 0.6) is 0 Å². The Morgan fingerprint density at radius 1 is 1.32 bits per heavy atom. The Kier molecular flexibility index (Phi) is 5.72. The number of fused-ring (bicyclic) bond motifs is 1. The number of nitrogens with zero attached hydrogens (tertiary/aromatic N) is 3. The van der Waals surface area contributed by atoms with Crippen LogP contribution in [0, 0.1) is 0 Å². The van der Waals surface area contributed by atoms with E-state index in [1.54, 1.807) is 33.6 Å². The standard InChI is InChI=1S/C18H14N4O2S4/c1-2-6-22-16(24)14-11(12-4-3-7-25-12)9-27-15(14)21-18(22)28-10-13(23)20-17-19-5-8-26-17/h2-5,7-9H,1,6,10H2,(H,19,20,23). The Morgan fingerprint density at radius 2 is 2.21 bits per heavy atom. The molecule has 0 saturated carbocycles. The summed E-state index contributed by atoms with van der Waals surface area (Å²) in [6, 6.07) is 3.96. The lowest BCUT2D eigenvalue weighted by molar-refractivity contribution is -0.113. The Labute approximate surface area is 176 Å². The fourth-order valence-electron chi connectivity index (χ4n) is 2.59. The number of thioether (sulfide) groups is 1. The van der Waals surface area contributed by atoms with Gasteiger partial charge in [0.15, 0.2) is 10.3 Å². The van der Waals surface area contributed by atoms with Crippen LogP contribution in [-0.4, -0.2) is 26.2 Å². The zero-order valence-corrected chi connectivity index (χ0v) is 17.7. The van der Waals surface area contributed by atoms with Gasteiger partial charge in [0.25, 0.3) is 5.56 Å². The van der Waals surface area contributed by atoms with Gasteiger partial charge in [-0.1, -0.05) is 23.9 Å². The molecule has 1 amide bonds. The lowest BCUT2D eigenvalue weighted by Crippen LogP contribution is -2.23. The van der Waals surface area contributed by atoms with Gasteiger partial charge in [-0.15, -0.1) is 40.6 Å². The second-order valence-corrected chi connectivity index (χ2v) is 9.22. The molecule has 4 rings (SSSR count). The molecule has 28 heavy (non-hydrogen) atoms. The van der Waals surface area contributed by atoms with Crippen molar-refractivity contribution in [3.05, 3.63) is 57.5 Å². The van der Waals surface area contributed by atoms with E-state index in [0.29, 0.717) is 27.0 Å². The van der Waals surface area contributed by atoms with E-state index in [9.17, 15) is 9.59 Å². The van der Waals surface area contributed by atoms with Crippen molar-refractivity contribution in [3.8, 4) is 10.4 Å². The van der Waals surface area contributed by atoms with Crippen LogP contribution in [0.4, 0.5) is 5.13 Å². The molecule has 142 valence electrons. The number of hydrogen-bond acceptors (Lipinski definition) is 8. The lowest BCUT2D eigenvalue weighted by Gasteiger charge is -2.10. The molecule has 0 spiro atoms. The zero-order valence-electron chi connectivity index (χ0n) is 14.5. The smallest absolute Gasteiger partial charge is 0.263 e. The summed E-state index contributed by atoms with van der Waals surface area (Å²) in [5, 5.41) is 10.2. The van der Waals surface area contributed by atoms with Crippen LogP contribution < -0.4 is 10.9 Å². The zero-order chi connectivity index (χ0) is 19.5. The van der Waals surface area contributed by atoms with Crippen LogP contribution in [0.25, 0.3) is 20.7 Å². The first-order valence-electron chi connectivity index (χ1n) is 8.16. The highest BCUT2D eigenvalue weighted by molar-refractivity contribution is 7.99. The summed E-state index contributed by atoms with van der Waals surface area (Å²) in [6.45, 7) is 4.08. The third-order valence-corrected chi connectivity index (χ3v) is 7.21. The Morgan fingerprint density at radius 3 is 2.93 bits per heavy atom. The number of thiazole rings is 1. The molecular weight excluding hydrogens is 432 g/mol. The molecule has 0 bridgehead atoms. The summed E-state index contributed by atoms with van der Waals surface area (Å²) in [5.41, 5.74) is 0.792. The first-order valence-corrected chi connectivity index (χ1v) is 11.8. The van der Waals surface area contributed by atoms with E-state index in [1.165, 1.54) is 34.4 Å². The van der Waals surface area contributed by atoms with E-state index in [-0.39, 0.29) is 17.2 Å². The summed E-state index contributed by atoms with van der Waals surface area (Å²) in [7, 11) is 0. The number of thiophene rings is 2. The van der Waals surface area contributed by atoms with Crippen LogP contribution >= 0.6 is 45.8 Å². The average Bonchev–Trinajstić information content (AvgIpc) is 3.43. The maximum atomic E-state index is 13.2. The highest BCUT2D eigenvalue weighted by atomic mass is 32.2. The van der Waals surface area contributed by atoms with Crippen molar-refractivity contribution in [2.45, 2.75) is 11.7 Å². The number of allylic oxidation sites excluding steroid dienone is 1. The largest absolute Gasteiger partial charge is 0.301 e. The molecule has 0 aliphatic heterocycles. The van der Waals surface area contributed by atoms with Crippen molar-refractivity contribution in [3.63, 3.8) is 0 Å². The summed E-state index contributed by atoms with van der Waals surface area (Å²) in [5.74, 6) is -0.0532. The first-order chi connectivity index (χ1) is 13.7. The SMILES string of the molecule is C=CCn1c(SCC(=O)Nc2nccs2)nc2scc(-c3cccs3)c2c1=O. The monoisotopic (exact) mass is 446 g/mol. The van der Waals surface area contributed by atoms with Gasteiger partial charge in [-0.3, -0.25) is 14.2 Å². The Balaban J connectivity index is 1.66. The van der Waals surface area contributed by atoms with Crippen molar-refractivity contribution in [1.82, 2.24) is 14.5 Å². The molecule has 4 aromatic heterocycles. The maximum Gasteiger partial charge on any atom is 0.263 e. The Hall–Kier alpha value is -2.27. The normalized spacial score (nSPS) is 11.0. The van der Waals surface area contributed by atoms with Crippen LogP contribution in [0.15, 0.2) is 57.1 Å². The molecule has 0 saturated heterocycles. The number of hydrogen-bond donors (Lipinski definition) is 1. The lowest BCUT2D eigenvalue weighted by atomic mass is 10.2. The van der Waals surface area contributed by atoms with Crippen molar-refractivity contribution in [2.24, 2.45) is 0 Å². The van der Waals surface area contributed by atoms with Crippen molar-refractivity contribution in [2.75, 3.05) is 11.1 Å². The first kappa shape index (κ1) is 19.1. The number of carbonyl (C=O) groups is 1. The average molecular weight is 447 g/mol. The Bertz CT molecular complexity index is 1180. The second kappa shape index (κ2) is 8.39. The third-order valence-electron chi connectivity index (χ3n) is 3.77. The van der Waals surface area contributed by atoms with E-state index in [2.05, 4.69) is 21.9 Å². The third kappa shape index (κ3) is 3.81. The van der Waals surface area contributed by atoms with Gasteiger partial charge in [-0.25, -0.2) is 9.97 Å². The van der Waals surface area contributed by atoms with Crippen LogP contribution in [-0.2, 0) is 11.3 Å². The predicted molar refractivity (Wildman–Crippen MR) is 119 cm³/mol. The maximum absolute atomic E-state index is 13.2. The van der Waals surface area contributed by atoms with Gasteiger partial charge < -0.3 is 5.32 Å². The topological polar surface area (TPSA) is 76.9 Å². The summed E-state index contributed by atoms with van der Waals surface area (Å²) >= 11 is 5.62. The fourth-order valence-corrected chi connectivity index (χ4v) is 5.75. The molecule has 10 heteroatoms. The number of amides is 1. The van der Waals surface area contributed by atoms with Gasteiger partial charge >= 0.3 is 0 Å². The number of nitrogens with one attached hydrogen (secondary N) is 1. The van der Waals surface area contributed by atoms with Crippen molar-refractivity contribution < 1.29 is 4.79 Å². The molecule has 4 heterocycles. The summed E-state index contributed by atoms with van der Waals surface area (Å²) in [6.07, 6.45) is 3.29. The summed E-state index contributed by atoms with van der Waals surface area (Å²) < 4.78 is 1.57. The quantitative estimate of drug-likeness (QED) is 0.256. The van der Waals surface area contributed by atoms with E-state index >= 15 is 0 Å². The van der Waals surface area contributed by atoms with Gasteiger partial charge in [-0.2, -0.15) is 0 Å². The molecule has 0 unspecified atom stereocenters. The summed E-state index contributed by atoms with van der Waals surface area (Å²) in [4.78, 5) is 35.8. The molecule has 1 N–H and O–H groups in total. The van der Waals surface area contributed by atoms with Gasteiger partial charge in [0.05, 0.1) is 11.1 Å². The van der Waals surface area contributed by atoms with Gasteiger partial charge in [-0.05, 0) is 11.4 Å². The minimum Gasteiger partial charge on any atom is -0.301 e.